The normalized spacial score (nSPS) is 10.5. The van der Waals surface area contributed by atoms with Gasteiger partial charge in [-0.05, 0) is 48.4 Å². The summed E-state index contributed by atoms with van der Waals surface area (Å²) in [7, 11) is 1.60. The van der Waals surface area contributed by atoms with Crippen LogP contribution < -0.4 is 14.9 Å². The summed E-state index contributed by atoms with van der Waals surface area (Å²) in [5, 5.41) is 3.95. The number of carbonyl (C=O) groups is 1. The van der Waals surface area contributed by atoms with Crippen molar-refractivity contribution in [3.05, 3.63) is 59.7 Å². The van der Waals surface area contributed by atoms with Crippen molar-refractivity contribution in [2.75, 3.05) is 13.7 Å². The van der Waals surface area contributed by atoms with Crippen molar-refractivity contribution in [1.82, 2.24) is 5.43 Å². The molecule has 0 saturated heterocycles. The summed E-state index contributed by atoms with van der Waals surface area (Å²) >= 11 is 0. The Hall–Kier alpha value is -2.82. The van der Waals surface area contributed by atoms with Crippen LogP contribution in [0.15, 0.2) is 53.6 Å². The second-order valence-corrected chi connectivity index (χ2v) is 4.85. The molecule has 120 valence electrons. The molecule has 2 rings (SSSR count). The first-order valence-corrected chi connectivity index (χ1v) is 7.43. The van der Waals surface area contributed by atoms with Gasteiger partial charge in [0.2, 0.25) is 0 Å². The predicted molar refractivity (Wildman–Crippen MR) is 90.3 cm³/mol. The maximum absolute atomic E-state index is 12.0. The summed E-state index contributed by atoms with van der Waals surface area (Å²) < 4.78 is 10.6. The summed E-state index contributed by atoms with van der Waals surface area (Å²) in [4.78, 5) is 12.0. The molecule has 0 bridgehead atoms. The Labute approximate surface area is 135 Å². The van der Waals surface area contributed by atoms with Crippen LogP contribution in [0.4, 0.5) is 0 Å². The zero-order chi connectivity index (χ0) is 16.5. The Balaban J connectivity index is 1.92. The SMILES string of the molecule is CCCOc1ccc(C(=O)N/N=C\c2cccc(OC)c2)cc1. The third-order valence-electron chi connectivity index (χ3n) is 3.06. The van der Waals surface area contributed by atoms with Crippen molar-refractivity contribution in [2.24, 2.45) is 5.10 Å². The van der Waals surface area contributed by atoms with Gasteiger partial charge >= 0.3 is 0 Å². The first kappa shape index (κ1) is 16.5. The van der Waals surface area contributed by atoms with Crippen LogP contribution in [0, 0.1) is 0 Å². The molecule has 0 saturated carbocycles. The molecule has 1 amide bonds. The van der Waals surface area contributed by atoms with E-state index in [0.717, 1.165) is 23.5 Å². The highest BCUT2D eigenvalue weighted by Crippen LogP contribution is 2.13. The lowest BCUT2D eigenvalue weighted by Gasteiger charge is -2.05. The molecule has 5 heteroatoms. The van der Waals surface area contributed by atoms with Crippen molar-refractivity contribution in [3.8, 4) is 11.5 Å². The van der Waals surface area contributed by atoms with Gasteiger partial charge in [0, 0.05) is 5.56 Å². The quantitative estimate of drug-likeness (QED) is 0.630. The number of rotatable bonds is 7. The third kappa shape index (κ3) is 5.14. The summed E-state index contributed by atoms with van der Waals surface area (Å²) in [6.45, 7) is 2.71. The van der Waals surface area contributed by atoms with E-state index in [0.29, 0.717) is 12.2 Å². The second kappa shape index (κ2) is 8.58. The molecule has 1 N–H and O–H groups in total. The Kier molecular flexibility index (Phi) is 6.17. The average molecular weight is 312 g/mol. The Bertz CT molecular complexity index is 666. The van der Waals surface area contributed by atoms with Crippen LogP contribution >= 0.6 is 0 Å². The fourth-order valence-electron chi connectivity index (χ4n) is 1.87. The lowest BCUT2D eigenvalue weighted by molar-refractivity contribution is 0.0955. The van der Waals surface area contributed by atoms with Crippen LogP contribution in [0.2, 0.25) is 0 Å². The maximum atomic E-state index is 12.0. The summed E-state index contributed by atoms with van der Waals surface area (Å²) in [6, 6.07) is 14.4. The van der Waals surface area contributed by atoms with E-state index in [9.17, 15) is 4.79 Å². The van der Waals surface area contributed by atoms with Gasteiger partial charge in [0.25, 0.3) is 5.91 Å². The van der Waals surface area contributed by atoms with Gasteiger partial charge in [0.05, 0.1) is 19.9 Å². The molecule has 0 heterocycles. The lowest BCUT2D eigenvalue weighted by atomic mass is 10.2. The smallest absolute Gasteiger partial charge is 0.271 e. The van der Waals surface area contributed by atoms with Gasteiger partial charge < -0.3 is 9.47 Å². The highest BCUT2D eigenvalue weighted by molar-refractivity contribution is 5.95. The van der Waals surface area contributed by atoms with Crippen molar-refractivity contribution >= 4 is 12.1 Å². The summed E-state index contributed by atoms with van der Waals surface area (Å²) in [6.07, 6.45) is 2.51. The maximum Gasteiger partial charge on any atom is 0.271 e. The van der Waals surface area contributed by atoms with E-state index < -0.39 is 0 Å². The Morgan fingerprint density at radius 1 is 1.17 bits per heavy atom. The van der Waals surface area contributed by atoms with Gasteiger partial charge in [-0.3, -0.25) is 4.79 Å². The van der Waals surface area contributed by atoms with Gasteiger partial charge in [-0.2, -0.15) is 5.10 Å². The molecule has 0 fully saturated rings. The van der Waals surface area contributed by atoms with Crippen molar-refractivity contribution in [2.45, 2.75) is 13.3 Å². The second-order valence-electron chi connectivity index (χ2n) is 4.85. The van der Waals surface area contributed by atoms with E-state index >= 15 is 0 Å². The van der Waals surface area contributed by atoms with Gasteiger partial charge in [-0.1, -0.05) is 19.1 Å². The summed E-state index contributed by atoms with van der Waals surface area (Å²) in [5.74, 6) is 1.22. The van der Waals surface area contributed by atoms with Gasteiger partial charge in [0.15, 0.2) is 0 Å². The fraction of sp³-hybridized carbons (Fsp3) is 0.222. The minimum atomic E-state index is -0.272. The monoisotopic (exact) mass is 312 g/mol. The standard InChI is InChI=1S/C18H20N2O3/c1-3-11-23-16-9-7-15(8-10-16)18(21)20-19-13-14-5-4-6-17(12-14)22-2/h4-10,12-13H,3,11H2,1-2H3,(H,20,21)/b19-13-. The van der Waals surface area contributed by atoms with E-state index in [1.54, 1.807) is 37.6 Å². The minimum Gasteiger partial charge on any atom is -0.497 e. The molecule has 0 aliphatic carbocycles. The zero-order valence-corrected chi connectivity index (χ0v) is 13.3. The number of ether oxygens (including phenoxy) is 2. The van der Waals surface area contributed by atoms with Crippen LogP contribution in [0.25, 0.3) is 0 Å². The van der Waals surface area contributed by atoms with Crippen LogP contribution in [0.3, 0.4) is 0 Å². The highest BCUT2D eigenvalue weighted by Gasteiger charge is 2.04. The van der Waals surface area contributed by atoms with Crippen molar-refractivity contribution in [1.29, 1.82) is 0 Å². The number of hydrogen-bond acceptors (Lipinski definition) is 4. The Morgan fingerprint density at radius 2 is 1.96 bits per heavy atom. The molecule has 0 atom stereocenters. The number of hydrazone groups is 1. The zero-order valence-electron chi connectivity index (χ0n) is 13.3. The average Bonchev–Trinajstić information content (AvgIpc) is 2.60. The van der Waals surface area contributed by atoms with E-state index in [1.807, 2.05) is 31.2 Å². The van der Waals surface area contributed by atoms with E-state index in [4.69, 9.17) is 9.47 Å². The molecule has 0 aromatic heterocycles. The molecule has 0 aliphatic heterocycles. The van der Waals surface area contributed by atoms with Crippen LogP contribution in [-0.4, -0.2) is 25.8 Å². The third-order valence-corrected chi connectivity index (χ3v) is 3.06. The van der Waals surface area contributed by atoms with Crippen molar-refractivity contribution in [3.63, 3.8) is 0 Å². The molecule has 2 aromatic rings. The van der Waals surface area contributed by atoms with Crippen molar-refractivity contribution < 1.29 is 14.3 Å². The van der Waals surface area contributed by atoms with E-state index in [1.165, 1.54) is 0 Å². The van der Waals surface area contributed by atoms with Gasteiger partial charge in [-0.25, -0.2) is 5.43 Å². The lowest BCUT2D eigenvalue weighted by Crippen LogP contribution is -2.17. The largest absolute Gasteiger partial charge is 0.497 e. The highest BCUT2D eigenvalue weighted by atomic mass is 16.5. The fourth-order valence-corrected chi connectivity index (χ4v) is 1.87. The van der Waals surface area contributed by atoms with Gasteiger partial charge in [0.1, 0.15) is 11.5 Å². The number of nitrogens with one attached hydrogen (secondary N) is 1. The van der Waals surface area contributed by atoms with Crippen LogP contribution in [-0.2, 0) is 0 Å². The van der Waals surface area contributed by atoms with E-state index in [-0.39, 0.29) is 5.91 Å². The number of hydrogen-bond donors (Lipinski definition) is 1. The minimum absolute atomic E-state index is 0.272. The molecule has 0 aliphatic rings. The number of nitrogens with zero attached hydrogens (tertiary/aromatic N) is 1. The molecule has 5 nitrogen and oxygen atoms in total. The molecular weight excluding hydrogens is 292 g/mol. The molecule has 0 spiro atoms. The Morgan fingerprint density at radius 3 is 2.65 bits per heavy atom. The predicted octanol–water partition coefficient (Wildman–Crippen LogP) is 3.25. The number of benzene rings is 2. The molecule has 2 aromatic carbocycles. The molecule has 0 radical (unpaired) electrons. The van der Waals surface area contributed by atoms with E-state index in [2.05, 4.69) is 10.5 Å². The summed E-state index contributed by atoms with van der Waals surface area (Å²) in [5.41, 5.74) is 3.86. The van der Waals surface area contributed by atoms with Crippen LogP contribution in [0.1, 0.15) is 29.3 Å². The van der Waals surface area contributed by atoms with Gasteiger partial charge in [-0.15, -0.1) is 0 Å². The molecule has 23 heavy (non-hydrogen) atoms. The first-order chi connectivity index (χ1) is 11.2. The number of amides is 1. The number of carbonyl (C=O) groups excluding carboxylic acids is 1. The molecular formula is C18H20N2O3. The topological polar surface area (TPSA) is 59.9 Å². The molecule has 0 unspecified atom stereocenters. The number of methoxy groups -OCH3 is 1. The first-order valence-electron chi connectivity index (χ1n) is 7.43. The van der Waals surface area contributed by atoms with Crippen LogP contribution in [0.5, 0.6) is 11.5 Å².